The normalized spacial score (nSPS) is 18.3. The zero-order valence-electron chi connectivity index (χ0n) is 22.1. The summed E-state index contributed by atoms with van der Waals surface area (Å²) in [5.41, 5.74) is 3.62. The number of pyridine rings is 1. The van der Waals surface area contributed by atoms with Gasteiger partial charge in [0.25, 0.3) is 0 Å². The van der Waals surface area contributed by atoms with Gasteiger partial charge in [0.15, 0.2) is 11.6 Å². The van der Waals surface area contributed by atoms with E-state index < -0.39 is 17.8 Å². The second-order valence-corrected chi connectivity index (χ2v) is 10.1. The summed E-state index contributed by atoms with van der Waals surface area (Å²) in [4.78, 5) is 18.9. The minimum absolute atomic E-state index is 0.0146. The standard InChI is InChI=1S/C29H40FN3O4/c1-3-8-20-17-24(27(36-2)25(30)18-20)26(29(34)35)33-15-13-23(19-33)37-16-6-4-5-10-22-12-11-21-9-7-14-31-28(21)32-22/h11-12,17-18,23,26H,3-10,13-16,19H2,1-2H3,(H,31,32)(H,34,35)/t23-,26-/m1/s1. The molecular weight excluding hydrogens is 473 g/mol. The summed E-state index contributed by atoms with van der Waals surface area (Å²) in [6, 6.07) is 6.61. The molecule has 1 fully saturated rings. The van der Waals surface area contributed by atoms with Crippen LogP contribution in [0.2, 0.25) is 0 Å². The molecular formula is C29H40FN3O4. The molecule has 1 aromatic carbocycles. The number of aryl methyl sites for hydroxylation is 3. The number of benzene rings is 1. The summed E-state index contributed by atoms with van der Waals surface area (Å²) >= 11 is 0. The Balaban J connectivity index is 1.25. The van der Waals surface area contributed by atoms with Crippen LogP contribution in [0.5, 0.6) is 5.75 Å². The summed E-state index contributed by atoms with van der Waals surface area (Å²) in [5.74, 6) is -0.447. The third-order valence-corrected chi connectivity index (χ3v) is 7.33. The average Bonchev–Trinajstić information content (AvgIpc) is 3.34. The Hall–Kier alpha value is -2.71. The number of aromatic nitrogens is 1. The molecule has 7 nitrogen and oxygen atoms in total. The van der Waals surface area contributed by atoms with Crippen LogP contribution in [0.15, 0.2) is 24.3 Å². The number of carboxylic acids is 1. The fraction of sp³-hybridized carbons (Fsp3) is 0.586. The summed E-state index contributed by atoms with van der Waals surface area (Å²) in [6.45, 7) is 4.76. The van der Waals surface area contributed by atoms with E-state index in [1.165, 1.54) is 25.2 Å². The Labute approximate surface area is 219 Å². The van der Waals surface area contributed by atoms with Crippen LogP contribution in [0.4, 0.5) is 10.2 Å². The molecule has 2 aromatic rings. The van der Waals surface area contributed by atoms with Crippen molar-refractivity contribution in [3.63, 3.8) is 0 Å². The van der Waals surface area contributed by atoms with Crippen LogP contribution in [0.25, 0.3) is 0 Å². The highest BCUT2D eigenvalue weighted by Crippen LogP contribution is 2.35. The molecule has 1 aromatic heterocycles. The van der Waals surface area contributed by atoms with Crippen LogP contribution in [0.1, 0.15) is 73.9 Å². The zero-order chi connectivity index (χ0) is 26.2. The third-order valence-electron chi connectivity index (χ3n) is 7.33. The molecule has 2 N–H and O–H groups in total. The smallest absolute Gasteiger partial charge is 0.325 e. The number of halogens is 1. The number of carboxylic acid groups (broad SMARTS) is 1. The lowest BCUT2D eigenvalue weighted by atomic mass is 9.99. The Kier molecular flexibility index (Phi) is 9.75. The molecule has 4 rings (SSSR count). The van der Waals surface area contributed by atoms with E-state index in [4.69, 9.17) is 14.5 Å². The maximum absolute atomic E-state index is 14.7. The number of ether oxygens (including phenoxy) is 2. The number of hydrogen-bond donors (Lipinski definition) is 2. The topological polar surface area (TPSA) is 83.9 Å². The van der Waals surface area contributed by atoms with Gasteiger partial charge in [-0.05, 0) is 74.3 Å². The lowest BCUT2D eigenvalue weighted by Gasteiger charge is -2.26. The van der Waals surface area contributed by atoms with Crippen molar-refractivity contribution >= 4 is 11.8 Å². The number of carbonyl (C=O) groups is 1. The van der Waals surface area contributed by atoms with Gasteiger partial charge >= 0.3 is 5.97 Å². The molecule has 8 heteroatoms. The number of aliphatic carboxylic acids is 1. The first kappa shape index (κ1) is 27.3. The Morgan fingerprint density at radius 3 is 2.92 bits per heavy atom. The van der Waals surface area contributed by atoms with E-state index >= 15 is 0 Å². The van der Waals surface area contributed by atoms with Crippen LogP contribution in [0.3, 0.4) is 0 Å². The monoisotopic (exact) mass is 513 g/mol. The summed E-state index contributed by atoms with van der Waals surface area (Å²) in [7, 11) is 1.38. The van der Waals surface area contributed by atoms with Gasteiger partial charge < -0.3 is 19.9 Å². The number of methoxy groups -OCH3 is 1. The van der Waals surface area contributed by atoms with Crippen molar-refractivity contribution in [3.8, 4) is 5.75 Å². The maximum atomic E-state index is 14.7. The number of nitrogens with zero attached hydrogens (tertiary/aromatic N) is 2. The Bertz CT molecular complexity index is 1060. The molecule has 37 heavy (non-hydrogen) atoms. The molecule has 0 aliphatic carbocycles. The Morgan fingerprint density at radius 2 is 2.14 bits per heavy atom. The lowest BCUT2D eigenvalue weighted by molar-refractivity contribution is -0.143. The molecule has 2 aliphatic heterocycles. The molecule has 0 saturated carbocycles. The molecule has 2 atom stereocenters. The van der Waals surface area contributed by atoms with E-state index in [-0.39, 0.29) is 11.9 Å². The van der Waals surface area contributed by atoms with Crippen molar-refractivity contribution in [1.29, 1.82) is 0 Å². The van der Waals surface area contributed by atoms with Crippen molar-refractivity contribution in [3.05, 3.63) is 52.5 Å². The van der Waals surface area contributed by atoms with Gasteiger partial charge in [-0.25, -0.2) is 9.37 Å². The minimum atomic E-state index is -1.00. The van der Waals surface area contributed by atoms with E-state index in [2.05, 4.69) is 17.4 Å². The first-order chi connectivity index (χ1) is 18.0. The second kappa shape index (κ2) is 13.2. The van der Waals surface area contributed by atoms with Crippen molar-refractivity contribution in [2.75, 3.05) is 38.7 Å². The number of unbranched alkanes of at least 4 members (excludes halogenated alkanes) is 2. The number of nitrogens with one attached hydrogen (secondary N) is 1. The van der Waals surface area contributed by atoms with E-state index in [0.29, 0.717) is 31.7 Å². The molecule has 202 valence electrons. The van der Waals surface area contributed by atoms with Gasteiger partial charge in [-0.2, -0.15) is 0 Å². The van der Waals surface area contributed by atoms with Gasteiger partial charge in [0.05, 0.1) is 13.2 Å². The van der Waals surface area contributed by atoms with Crippen molar-refractivity contribution in [1.82, 2.24) is 9.88 Å². The molecule has 0 radical (unpaired) electrons. The zero-order valence-corrected chi connectivity index (χ0v) is 22.1. The SMILES string of the molecule is CCCc1cc(F)c(OC)c([C@H](C(=O)O)N2CC[C@@H](OCCCCCc3ccc4c(n3)NCCC4)C2)c1. The van der Waals surface area contributed by atoms with Crippen LogP contribution in [0, 0.1) is 5.82 Å². The van der Waals surface area contributed by atoms with Gasteiger partial charge in [-0.15, -0.1) is 0 Å². The number of fused-ring (bicyclic) bond motifs is 1. The highest BCUT2D eigenvalue weighted by molar-refractivity contribution is 5.77. The van der Waals surface area contributed by atoms with Gasteiger partial charge in [0.2, 0.25) is 0 Å². The molecule has 1 saturated heterocycles. The fourth-order valence-electron chi connectivity index (χ4n) is 5.48. The van der Waals surface area contributed by atoms with Crippen LogP contribution >= 0.6 is 0 Å². The maximum Gasteiger partial charge on any atom is 0.325 e. The molecule has 0 unspecified atom stereocenters. The number of likely N-dealkylation sites (tertiary alicyclic amines) is 1. The van der Waals surface area contributed by atoms with Crippen LogP contribution in [-0.4, -0.2) is 60.4 Å². The first-order valence-electron chi connectivity index (χ1n) is 13.7. The molecule has 2 aliphatic rings. The van der Waals surface area contributed by atoms with E-state index in [9.17, 15) is 14.3 Å². The van der Waals surface area contributed by atoms with Gasteiger partial charge in [0.1, 0.15) is 11.9 Å². The van der Waals surface area contributed by atoms with Crippen LogP contribution < -0.4 is 10.1 Å². The van der Waals surface area contributed by atoms with Crippen molar-refractivity contribution in [2.24, 2.45) is 0 Å². The number of rotatable bonds is 13. The van der Waals surface area contributed by atoms with Gasteiger partial charge in [0, 0.05) is 37.5 Å². The summed E-state index contributed by atoms with van der Waals surface area (Å²) < 4.78 is 26.1. The lowest BCUT2D eigenvalue weighted by Crippen LogP contribution is -2.34. The van der Waals surface area contributed by atoms with Gasteiger partial charge in [-0.1, -0.05) is 25.8 Å². The van der Waals surface area contributed by atoms with Crippen LogP contribution in [-0.2, 0) is 28.8 Å². The van der Waals surface area contributed by atoms with Gasteiger partial charge in [-0.3, -0.25) is 9.69 Å². The summed E-state index contributed by atoms with van der Waals surface area (Å²) in [6.07, 6.45) is 8.58. The molecule has 0 amide bonds. The average molecular weight is 514 g/mol. The quantitative estimate of drug-likeness (QED) is 0.358. The van der Waals surface area contributed by atoms with Crippen molar-refractivity contribution in [2.45, 2.75) is 76.9 Å². The van der Waals surface area contributed by atoms with E-state index in [1.807, 2.05) is 11.8 Å². The predicted molar refractivity (Wildman–Crippen MR) is 142 cm³/mol. The van der Waals surface area contributed by atoms with E-state index in [1.54, 1.807) is 6.07 Å². The number of hydrogen-bond acceptors (Lipinski definition) is 6. The van der Waals surface area contributed by atoms with Crippen molar-refractivity contribution < 1.29 is 23.8 Å². The predicted octanol–water partition coefficient (Wildman–Crippen LogP) is 5.17. The molecule has 3 heterocycles. The summed E-state index contributed by atoms with van der Waals surface area (Å²) in [5, 5.41) is 13.5. The largest absolute Gasteiger partial charge is 0.493 e. The fourth-order valence-corrected chi connectivity index (χ4v) is 5.48. The minimum Gasteiger partial charge on any atom is -0.493 e. The highest BCUT2D eigenvalue weighted by Gasteiger charge is 2.36. The molecule has 0 spiro atoms. The van der Waals surface area contributed by atoms with E-state index in [0.717, 1.165) is 68.6 Å². The first-order valence-corrected chi connectivity index (χ1v) is 13.7. The molecule has 0 bridgehead atoms. The Morgan fingerprint density at radius 1 is 1.27 bits per heavy atom. The second-order valence-electron chi connectivity index (χ2n) is 10.1. The third kappa shape index (κ3) is 6.99. The number of anilines is 1. The highest BCUT2D eigenvalue weighted by atomic mass is 19.1.